The van der Waals surface area contributed by atoms with Crippen LogP contribution in [-0.2, 0) is 19.5 Å². The monoisotopic (exact) mass is 448 g/mol. The topological polar surface area (TPSA) is 87.8 Å². The van der Waals surface area contributed by atoms with Gasteiger partial charge in [-0.3, -0.25) is 4.98 Å². The number of H-pyrrole nitrogens is 1. The zero-order valence-electron chi connectivity index (χ0n) is 18.6. The van der Waals surface area contributed by atoms with Gasteiger partial charge in [0.2, 0.25) is 0 Å². The molecule has 0 saturated carbocycles. The lowest BCUT2D eigenvalue weighted by Crippen LogP contribution is -2.23. The Balaban J connectivity index is 1.31. The fourth-order valence-corrected chi connectivity index (χ4v) is 4.38. The molecule has 0 aliphatic carbocycles. The molecule has 5 heterocycles. The Morgan fingerprint density at radius 2 is 1.94 bits per heavy atom. The van der Waals surface area contributed by atoms with Crippen LogP contribution in [0.5, 0.6) is 11.5 Å². The van der Waals surface area contributed by atoms with Crippen molar-refractivity contribution in [2.24, 2.45) is 0 Å². The first-order valence-corrected chi connectivity index (χ1v) is 11.4. The average molecular weight is 449 g/mol. The van der Waals surface area contributed by atoms with Gasteiger partial charge in [0, 0.05) is 49.6 Å². The van der Waals surface area contributed by atoms with E-state index in [1.54, 1.807) is 12.4 Å². The predicted octanol–water partition coefficient (Wildman–Crippen LogP) is 5.07. The maximum atomic E-state index is 6.39. The lowest BCUT2D eigenvalue weighted by molar-refractivity contribution is 0.485. The molecule has 0 unspecified atom stereocenters. The van der Waals surface area contributed by atoms with Crippen molar-refractivity contribution >= 4 is 16.9 Å². The lowest BCUT2D eigenvalue weighted by Gasteiger charge is -2.18. The highest BCUT2D eigenvalue weighted by Gasteiger charge is 2.15. The maximum Gasteiger partial charge on any atom is 0.141 e. The fourth-order valence-electron chi connectivity index (χ4n) is 4.38. The zero-order valence-corrected chi connectivity index (χ0v) is 18.6. The van der Waals surface area contributed by atoms with Crippen LogP contribution in [0.25, 0.3) is 22.2 Å². The van der Waals surface area contributed by atoms with Gasteiger partial charge in [-0.05, 0) is 71.6 Å². The van der Waals surface area contributed by atoms with Crippen LogP contribution in [0.2, 0.25) is 0 Å². The summed E-state index contributed by atoms with van der Waals surface area (Å²) in [5.41, 5.74) is 6.61. The first-order chi connectivity index (χ1) is 16.8. The van der Waals surface area contributed by atoms with Crippen molar-refractivity contribution in [1.82, 2.24) is 25.3 Å². The van der Waals surface area contributed by atoms with Gasteiger partial charge in [-0.15, -0.1) is 0 Å². The third-order valence-electron chi connectivity index (χ3n) is 6.09. The lowest BCUT2D eigenvalue weighted by atomic mass is 10.0. The van der Waals surface area contributed by atoms with Gasteiger partial charge in [0.05, 0.1) is 5.39 Å². The minimum absolute atomic E-state index is 0.654. The van der Waals surface area contributed by atoms with Gasteiger partial charge in [-0.1, -0.05) is 12.1 Å². The second kappa shape index (κ2) is 8.96. The number of hydrogen-bond donors (Lipinski definition) is 3. The van der Waals surface area contributed by atoms with E-state index in [1.807, 2.05) is 48.9 Å². The summed E-state index contributed by atoms with van der Waals surface area (Å²) in [6.07, 6.45) is 10.2. The molecule has 5 aromatic rings. The summed E-state index contributed by atoms with van der Waals surface area (Å²) < 4.78 is 6.39. The highest BCUT2D eigenvalue weighted by molar-refractivity contribution is 5.98. The molecule has 3 N–H and O–H groups in total. The third kappa shape index (κ3) is 4.09. The molecule has 0 spiro atoms. The van der Waals surface area contributed by atoms with E-state index >= 15 is 0 Å². The number of pyridine rings is 3. The molecule has 7 nitrogen and oxygen atoms in total. The summed E-state index contributed by atoms with van der Waals surface area (Å²) in [5.74, 6) is 2.39. The first kappa shape index (κ1) is 20.4. The van der Waals surface area contributed by atoms with Gasteiger partial charge < -0.3 is 20.4 Å². The molecule has 1 aliphatic rings. The normalized spacial score (nSPS) is 12.9. The van der Waals surface area contributed by atoms with E-state index in [4.69, 9.17) is 4.74 Å². The summed E-state index contributed by atoms with van der Waals surface area (Å²) >= 11 is 0. The number of fused-ring (bicyclic) bond motifs is 2. The molecule has 1 aliphatic heterocycles. The van der Waals surface area contributed by atoms with Crippen molar-refractivity contribution < 1.29 is 4.74 Å². The third-order valence-corrected chi connectivity index (χ3v) is 6.09. The van der Waals surface area contributed by atoms with Crippen LogP contribution < -0.4 is 15.4 Å². The molecule has 34 heavy (non-hydrogen) atoms. The van der Waals surface area contributed by atoms with Crippen LogP contribution >= 0.6 is 0 Å². The maximum absolute atomic E-state index is 6.39. The van der Waals surface area contributed by atoms with Gasteiger partial charge >= 0.3 is 0 Å². The van der Waals surface area contributed by atoms with E-state index in [1.165, 1.54) is 11.1 Å². The molecule has 0 saturated heterocycles. The van der Waals surface area contributed by atoms with Crippen molar-refractivity contribution in [3.8, 4) is 22.6 Å². The van der Waals surface area contributed by atoms with Crippen molar-refractivity contribution in [3.63, 3.8) is 0 Å². The van der Waals surface area contributed by atoms with E-state index in [0.29, 0.717) is 6.54 Å². The van der Waals surface area contributed by atoms with E-state index in [2.05, 4.69) is 48.8 Å². The van der Waals surface area contributed by atoms with E-state index in [9.17, 15) is 0 Å². The Hall–Kier alpha value is -4.23. The molecule has 0 fully saturated rings. The number of aromatic amines is 1. The Morgan fingerprint density at radius 3 is 2.88 bits per heavy atom. The van der Waals surface area contributed by atoms with Crippen LogP contribution in [0.4, 0.5) is 5.82 Å². The molecular weight excluding hydrogens is 424 g/mol. The second-order valence-corrected chi connectivity index (χ2v) is 8.34. The van der Waals surface area contributed by atoms with Crippen LogP contribution in [0.15, 0.2) is 79.5 Å². The Kier molecular flexibility index (Phi) is 5.37. The number of aromatic nitrogens is 4. The van der Waals surface area contributed by atoms with Crippen molar-refractivity contribution in [1.29, 1.82) is 0 Å². The summed E-state index contributed by atoms with van der Waals surface area (Å²) in [6.45, 7) is 2.55. The molecule has 0 bridgehead atoms. The van der Waals surface area contributed by atoms with Crippen LogP contribution in [0.3, 0.4) is 0 Å². The minimum atomic E-state index is 0.654. The van der Waals surface area contributed by atoms with Crippen molar-refractivity contribution in [2.75, 3.05) is 11.9 Å². The summed E-state index contributed by atoms with van der Waals surface area (Å²) in [5, 5.41) is 7.76. The predicted molar refractivity (Wildman–Crippen MR) is 133 cm³/mol. The average Bonchev–Trinajstić information content (AvgIpc) is 3.34. The quantitative estimate of drug-likeness (QED) is 0.336. The summed E-state index contributed by atoms with van der Waals surface area (Å²) in [4.78, 5) is 16.5. The number of nitrogens with one attached hydrogen (secondary N) is 3. The van der Waals surface area contributed by atoms with Gasteiger partial charge in [-0.25, -0.2) is 9.97 Å². The highest BCUT2D eigenvalue weighted by atomic mass is 16.5. The molecule has 7 heteroatoms. The zero-order chi connectivity index (χ0) is 22.7. The number of ether oxygens (including phenoxy) is 1. The Labute approximate surface area is 197 Å². The number of anilines is 1. The van der Waals surface area contributed by atoms with E-state index < -0.39 is 0 Å². The van der Waals surface area contributed by atoms with Crippen LogP contribution in [0, 0.1) is 0 Å². The number of rotatable bonds is 6. The molecule has 0 radical (unpaired) electrons. The largest absolute Gasteiger partial charge is 0.457 e. The molecule has 4 aromatic heterocycles. The molecule has 0 amide bonds. The molecular formula is C27H24N6O. The van der Waals surface area contributed by atoms with E-state index in [0.717, 1.165) is 64.6 Å². The standard InChI is InChI=1S/C27H24N6O/c1-2-18(14-28-8-1)15-32-25-13-20(6-10-30-25)23-17-33-27-26(23)24(7-11-31-27)34-22-4-3-19-5-9-29-16-21(19)12-22/h1-4,6-8,10-14,17,29H,5,9,15-16H2,(H,30,32)(H,31,33). The van der Waals surface area contributed by atoms with Gasteiger partial charge in [0.15, 0.2) is 0 Å². The van der Waals surface area contributed by atoms with Crippen molar-refractivity contribution in [2.45, 2.75) is 19.5 Å². The van der Waals surface area contributed by atoms with Crippen molar-refractivity contribution in [3.05, 3.63) is 96.2 Å². The summed E-state index contributed by atoms with van der Waals surface area (Å²) in [6, 6.07) is 16.3. The summed E-state index contributed by atoms with van der Waals surface area (Å²) in [7, 11) is 0. The number of nitrogens with zero attached hydrogens (tertiary/aromatic N) is 3. The van der Waals surface area contributed by atoms with Gasteiger partial charge in [0.25, 0.3) is 0 Å². The number of benzene rings is 1. The first-order valence-electron chi connectivity index (χ1n) is 11.4. The molecule has 168 valence electrons. The highest BCUT2D eigenvalue weighted by Crippen LogP contribution is 2.37. The molecule has 0 atom stereocenters. The SMILES string of the molecule is c1cncc(CNc2cc(-c3c[nH]c4nccc(Oc5ccc6c(c5)CNCC6)c34)ccn2)c1. The number of hydrogen-bond acceptors (Lipinski definition) is 6. The Morgan fingerprint density at radius 1 is 0.971 bits per heavy atom. The van der Waals surface area contributed by atoms with Crippen LogP contribution in [-0.4, -0.2) is 26.5 Å². The Bertz CT molecular complexity index is 1450. The molecule has 6 rings (SSSR count). The smallest absolute Gasteiger partial charge is 0.141 e. The van der Waals surface area contributed by atoms with Crippen LogP contribution in [0.1, 0.15) is 16.7 Å². The minimum Gasteiger partial charge on any atom is -0.457 e. The van der Waals surface area contributed by atoms with E-state index in [-0.39, 0.29) is 0 Å². The fraction of sp³-hybridized carbons (Fsp3) is 0.148. The van der Waals surface area contributed by atoms with Gasteiger partial charge in [0.1, 0.15) is 23.0 Å². The molecule has 1 aromatic carbocycles. The van der Waals surface area contributed by atoms with Gasteiger partial charge in [-0.2, -0.15) is 0 Å². The second-order valence-electron chi connectivity index (χ2n) is 8.34.